The molecule has 0 aliphatic rings. The van der Waals surface area contributed by atoms with Crippen molar-refractivity contribution in [1.82, 2.24) is 4.57 Å². The maximum absolute atomic E-state index is 13.1. The van der Waals surface area contributed by atoms with Crippen LogP contribution in [0.4, 0.5) is 4.39 Å². The Balaban J connectivity index is 2.77. The van der Waals surface area contributed by atoms with Gasteiger partial charge in [-0.25, -0.2) is 14.0 Å². The van der Waals surface area contributed by atoms with E-state index >= 15 is 0 Å². The molecule has 0 bridgehead atoms. The fourth-order valence-electron chi connectivity index (χ4n) is 2.31. The molecule has 0 radical (unpaired) electrons. The van der Waals surface area contributed by atoms with Gasteiger partial charge in [0, 0.05) is 11.8 Å². The summed E-state index contributed by atoms with van der Waals surface area (Å²) < 4.78 is 19.0. The highest BCUT2D eigenvalue weighted by Gasteiger charge is 2.27. The summed E-state index contributed by atoms with van der Waals surface area (Å²) in [5.74, 6) is -2.80. The molecule has 0 aliphatic carbocycles. The molecule has 0 saturated carbocycles. The number of esters is 1. The lowest BCUT2D eigenvalue weighted by atomic mass is 10.0. The van der Waals surface area contributed by atoms with Crippen LogP contribution >= 0.6 is 0 Å². The molecule has 2 rings (SSSR count). The van der Waals surface area contributed by atoms with Crippen molar-refractivity contribution in [2.45, 2.75) is 13.5 Å². The van der Waals surface area contributed by atoms with Crippen molar-refractivity contribution in [2.24, 2.45) is 0 Å². The Kier molecular flexibility index (Phi) is 4.59. The summed E-state index contributed by atoms with van der Waals surface area (Å²) in [6.45, 7) is 1.14. The summed E-state index contributed by atoms with van der Waals surface area (Å²) in [6.07, 6.45) is 1.20. The van der Waals surface area contributed by atoms with Crippen molar-refractivity contribution in [2.75, 3.05) is 7.11 Å². The number of methoxy groups -OCH3 is 1. The van der Waals surface area contributed by atoms with Gasteiger partial charge in [-0.05, 0) is 24.6 Å². The van der Waals surface area contributed by atoms with Gasteiger partial charge in [0.2, 0.25) is 0 Å². The summed E-state index contributed by atoms with van der Waals surface area (Å²) in [5, 5.41) is 9.38. The maximum atomic E-state index is 13.1. The van der Waals surface area contributed by atoms with Crippen LogP contribution in [0.25, 0.3) is 11.1 Å². The van der Waals surface area contributed by atoms with Crippen molar-refractivity contribution >= 4 is 17.7 Å². The number of hydrogen-bond acceptors (Lipinski definition) is 4. The van der Waals surface area contributed by atoms with Gasteiger partial charge in [-0.3, -0.25) is 4.79 Å². The molecule has 6 nitrogen and oxygen atoms in total. The quantitative estimate of drug-likeness (QED) is 0.855. The van der Waals surface area contributed by atoms with Crippen LogP contribution in [0, 0.1) is 5.82 Å². The van der Waals surface area contributed by atoms with E-state index in [1.807, 2.05) is 0 Å². The normalized spacial score (nSPS) is 10.4. The van der Waals surface area contributed by atoms with E-state index in [1.54, 1.807) is 0 Å². The number of carboxylic acids is 1. The molecular formula is C16H14FNO5. The van der Waals surface area contributed by atoms with Crippen LogP contribution in [-0.4, -0.2) is 34.5 Å². The first-order valence-electron chi connectivity index (χ1n) is 6.65. The largest absolute Gasteiger partial charge is 0.478 e. The minimum Gasteiger partial charge on any atom is -0.478 e. The van der Waals surface area contributed by atoms with E-state index in [9.17, 15) is 23.9 Å². The van der Waals surface area contributed by atoms with Crippen LogP contribution in [0.15, 0.2) is 30.5 Å². The summed E-state index contributed by atoms with van der Waals surface area (Å²) >= 11 is 0. The van der Waals surface area contributed by atoms with Gasteiger partial charge in [0.25, 0.3) is 0 Å². The van der Waals surface area contributed by atoms with Crippen LogP contribution in [0.2, 0.25) is 0 Å². The van der Waals surface area contributed by atoms with Gasteiger partial charge in [0.1, 0.15) is 17.3 Å². The summed E-state index contributed by atoms with van der Waals surface area (Å²) in [7, 11) is 1.16. The maximum Gasteiger partial charge on any atom is 0.355 e. The number of ether oxygens (including phenoxy) is 1. The van der Waals surface area contributed by atoms with E-state index in [0.29, 0.717) is 5.56 Å². The number of Topliss-reactive ketones (excluding diaryl/α,β-unsaturated/α-hetero) is 1. The third-order valence-electron chi connectivity index (χ3n) is 3.21. The van der Waals surface area contributed by atoms with Crippen LogP contribution in [0.3, 0.4) is 0 Å². The number of ketones is 1. The summed E-state index contributed by atoms with van der Waals surface area (Å²) in [4.78, 5) is 35.0. The molecule has 7 heteroatoms. The van der Waals surface area contributed by atoms with Crippen molar-refractivity contribution in [1.29, 1.82) is 0 Å². The number of aromatic carboxylic acids is 1. The minimum atomic E-state index is -1.27. The zero-order valence-electron chi connectivity index (χ0n) is 12.5. The predicted octanol–water partition coefficient (Wildman–Crippen LogP) is 2.37. The zero-order chi connectivity index (χ0) is 17.1. The molecule has 2 aromatic rings. The molecular weight excluding hydrogens is 305 g/mol. The zero-order valence-corrected chi connectivity index (χ0v) is 12.5. The van der Waals surface area contributed by atoms with Gasteiger partial charge in [-0.1, -0.05) is 12.1 Å². The first-order valence-corrected chi connectivity index (χ1v) is 6.65. The predicted molar refractivity (Wildman–Crippen MR) is 78.8 cm³/mol. The number of aromatic nitrogens is 1. The first-order chi connectivity index (χ1) is 10.8. The second-order valence-electron chi connectivity index (χ2n) is 4.90. The van der Waals surface area contributed by atoms with E-state index in [4.69, 9.17) is 4.74 Å². The fourth-order valence-corrected chi connectivity index (χ4v) is 2.31. The van der Waals surface area contributed by atoms with Gasteiger partial charge in [-0.15, -0.1) is 0 Å². The first kappa shape index (κ1) is 16.4. The molecule has 0 aliphatic heterocycles. The Labute approximate surface area is 131 Å². The smallest absolute Gasteiger partial charge is 0.355 e. The monoisotopic (exact) mass is 319 g/mol. The summed E-state index contributed by atoms with van der Waals surface area (Å²) in [6, 6.07) is 5.04. The molecule has 0 amide bonds. The molecule has 1 aromatic carbocycles. The number of carboxylic acid groups (broad SMARTS) is 1. The van der Waals surface area contributed by atoms with Gasteiger partial charge in [-0.2, -0.15) is 0 Å². The van der Waals surface area contributed by atoms with Crippen molar-refractivity contribution in [3.05, 3.63) is 47.5 Å². The van der Waals surface area contributed by atoms with E-state index in [-0.39, 0.29) is 29.1 Å². The average molecular weight is 319 g/mol. The van der Waals surface area contributed by atoms with Gasteiger partial charge >= 0.3 is 11.9 Å². The molecule has 0 spiro atoms. The van der Waals surface area contributed by atoms with E-state index in [0.717, 1.165) is 19.2 Å². The highest BCUT2D eigenvalue weighted by atomic mass is 19.1. The SMILES string of the molecule is COC(=O)c1c(-c2ccc(F)cc2)c(C(=O)O)cn1CC(C)=O. The Morgan fingerprint density at radius 2 is 1.83 bits per heavy atom. The standard InChI is InChI=1S/C16H14FNO5/c1-9(19)7-18-8-12(15(20)21)13(14(18)16(22)23-2)10-3-5-11(17)6-4-10/h3-6,8H,7H2,1-2H3,(H,20,21). The molecule has 1 heterocycles. The Hall–Kier alpha value is -2.96. The van der Waals surface area contributed by atoms with Gasteiger partial charge < -0.3 is 14.4 Å². The van der Waals surface area contributed by atoms with Gasteiger partial charge in [0.05, 0.1) is 19.2 Å². The third-order valence-corrected chi connectivity index (χ3v) is 3.21. The minimum absolute atomic E-state index is 0.0632. The lowest BCUT2D eigenvalue weighted by Gasteiger charge is -2.08. The van der Waals surface area contributed by atoms with Crippen LogP contribution in [0.5, 0.6) is 0 Å². The molecule has 1 aromatic heterocycles. The second kappa shape index (κ2) is 6.43. The molecule has 120 valence electrons. The Morgan fingerprint density at radius 3 is 2.30 bits per heavy atom. The number of hydrogen-bond donors (Lipinski definition) is 1. The van der Waals surface area contributed by atoms with Crippen molar-refractivity contribution < 1.29 is 28.6 Å². The van der Waals surface area contributed by atoms with E-state index < -0.39 is 17.8 Å². The molecule has 23 heavy (non-hydrogen) atoms. The number of benzene rings is 1. The number of halogens is 1. The lowest BCUT2D eigenvalue weighted by molar-refractivity contribution is -0.117. The molecule has 0 fully saturated rings. The highest BCUT2D eigenvalue weighted by Crippen LogP contribution is 2.31. The average Bonchev–Trinajstić information content (AvgIpc) is 2.86. The number of carbonyl (C=O) groups excluding carboxylic acids is 2. The number of carbonyl (C=O) groups is 3. The molecule has 0 saturated heterocycles. The fraction of sp³-hybridized carbons (Fsp3) is 0.188. The van der Waals surface area contributed by atoms with Gasteiger partial charge in [0.15, 0.2) is 0 Å². The third kappa shape index (κ3) is 3.28. The topological polar surface area (TPSA) is 85.6 Å². The molecule has 0 unspecified atom stereocenters. The Bertz CT molecular complexity index is 777. The molecule has 0 atom stereocenters. The number of rotatable bonds is 5. The van der Waals surface area contributed by atoms with E-state index in [2.05, 4.69) is 0 Å². The van der Waals surface area contributed by atoms with Crippen LogP contribution < -0.4 is 0 Å². The van der Waals surface area contributed by atoms with Crippen LogP contribution in [0.1, 0.15) is 27.8 Å². The van der Waals surface area contributed by atoms with E-state index in [1.165, 1.54) is 29.8 Å². The lowest BCUT2D eigenvalue weighted by Crippen LogP contribution is -2.14. The van der Waals surface area contributed by atoms with Crippen molar-refractivity contribution in [3.8, 4) is 11.1 Å². The Morgan fingerprint density at radius 1 is 1.22 bits per heavy atom. The number of nitrogens with zero attached hydrogens (tertiary/aromatic N) is 1. The van der Waals surface area contributed by atoms with Crippen molar-refractivity contribution in [3.63, 3.8) is 0 Å². The molecule has 1 N–H and O–H groups in total. The second-order valence-corrected chi connectivity index (χ2v) is 4.90. The van der Waals surface area contributed by atoms with Crippen LogP contribution in [-0.2, 0) is 16.1 Å². The summed E-state index contributed by atoms with van der Waals surface area (Å²) in [5.41, 5.74) is 0.196. The highest BCUT2D eigenvalue weighted by molar-refractivity contribution is 6.05.